The van der Waals surface area contributed by atoms with Crippen molar-refractivity contribution in [1.82, 2.24) is 15.0 Å². The van der Waals surface area contributed by atoms with Crippen LogP contribution in [0.1, 0.15) is 36.8 Å². The summed E-state index contributed by atoms with van der Waals surface area (Å²) in [4.78, 5) is 38.0. The number of nitrogens with zero attached hydrogens (tertiary/aromatic N) is 3. The molecule has 0 saturated carbocycles. The summed E-state index contributed by atoms with van der Waals surface area (Å²) < 4.78 is 4.88. The molecule has 0 atom stereocenters. The number of hydrogen-bond acceptors (Lipinski definition) is 6. The van der Waals surface area contributed by atoms with Gasteiger partial charge in [-0.05, 0) is 27.7 Å². The van der Waals surface area contributed by atoms with Crippen molar-refractivity contribution in [3.05, 3.63) is 27.7 Å². The van der Waals surface area contributed by atoms with Crippen LogP contribution in [0, 0.1) is 6.92 Å². The second kappa shape index (κ2) is 6.55. The van der Waals surface area contributed by atoms with Gasteiger partial charge in [-0.3, -0.25) is 4.79 Å². The van der Waals surface area contributed by atoms with Gasteiger partial charge in [0.25, 0.3) is 0 Å². The Hall–Kier alpha value is -2.44. The van der Waals surface area contributed by atoms with Crippen LogP contribution in [0.2, 0.25) is 0 Å². The van der Waals surface area contributed by atoms with Crippen LogP contribution in [0.5, 0.6) is 0 Å². The van der Waals surface area contributed by atoms with Crippen molar-refractivity contribution in [2.45, 2.75) is 27.7 Å². The van der Waals surface area contributed by atoms with E-state index in [2.05, 4.69) is 15.0 Å². The van der Waals surface area contributed by atoms with Gasteiger partial charge in [-0.25, -0.2) is 14.8 Å². The summed E-state index contributed by atoms with van der Waals surface area (Å²) >= 11 is 0. The lowest BCUT2D eigenvalue weighted by Crippen LogP contribution is -2.26. The molecule has 0 spiro atoms. The lowest BCUT2D eigenvalue weighted by molar-refractivity contribution is 0.0524. The molecule has 2 aromatic heterocycles. The molecule has 0 bridgehead atoms. The molecule has 0 fully saturated rings. The van der Waals surface area contributed by atoms with E-state index in [-0.39, 0.29) is 17.7 Å². The standard InChI is InChI=1S/C15H20N4O3/c1-5-19(6-2)14-9(4)17-13-11(18-14)12(20)10(8-16-13)15(21)22-7-3/h8H,5-7H2,1-4H3,(H,16,17,20). The van der Waals surface area contributed by atoms with E-state index in [0.717, 1.165) is 18.8 Å². The summed E-state index contributed by atoms with van der Waals surface area (Å²) in [6.07, 6.45) is 1.33. The Morgan fingerprint density at radius 3 is 2.55 bits per heavy atom. The highest BCUT2D eigenvalue weighted by Gasteiger charge is 2.18. The maximum Gasteiger partial charge on any atom is 0.343 e. The predicted octanol–water partition coefficient (Wildman–Crippen LogP) is 1.65. The zero-order chi connectivity index (χ0) is 16.3. The largest absolute Gasteiger partial charge is 0.462 e. The number of aromatic amines is 1. The minimum absolute atomic E-state index is 0.0574. The van der Waals surface area contributed by atoms with Gasteiger partial charge in [0.2, 0.25) is 5.43 Å². The van der Waals surface area contributed by atoms with Gasteiger partial charge in [-0.2, -0.15) is 0 Å². The number of rotatable bonds is 5. The highest BCUT2D eigenvalue weighted by molar-refractivity contribution is 5.92. The van der Waals surface area contributed by atoms with E-state index < -0.39 is 11.4 Å². The molecule has 7 heteroatoms. The first-order valence-electron chi connectivity index (χ1n) is 7.35. The second-order valence-electron chi connectivity index (χ2n) is 4.75. The van der Waals surface area contributed by atoms with E-state index in [1.54, 1.807) is 6.92 Å². The second-order valence-corrected chi connectivity index (χ2v) is 4.75. The fraction of sp³-hybridized carbons (Fsp3) is 0.467. The van der Waals surface area contributed by atoms with Crippen LogP contribution in [-0.4, -0.2) is 40.6 Å². The number of esters is 1. The minimum Gasteiger partial charge on any atom is -0.462 e. The van der Waals surface area contributed by atoms with Gasteiger partial charge in [-0.1, -0.05) is 0 Å². The molecule has 0 radical (unpaired) electrons. The molecule has 22 heavy (non-hydrogen) atoms. The molecule has 2 heterocycles. The van der Waals surface area contributed by atoms with Crippen molar-refractivity contribution < 1.29 is 9.53 Å². The Bertz CT molecular complexity index is 750. The molecular formula is C15H20N4O3. The maximum absolute atomic E-state index is 12.5. The molecule has 2 aromatic rings. The summed E-state index contributed by atoms with van der Waals surface area (Å²) in [7, 11) is 0. The molecule has 0 unspecified atom stereocenters. The van der Waals surface area contributed by atoms with E-state index in [9.17, 15) is 9.59 Å². The van der Waals surface area contributed by atoms with Crippen LogP contribution in [0.15, 0.2) is 11.0 Å². The van der Waals surface area contributed by atoms with Crippen LogP contribution >= 0.6 is 0 Å². The summed E-state index contributed by atoms with van der Waals surface area (Å²) in [6, 6.07) is 0. The Morgan fingerprint density at radius 2 is 1.95 bits per heavy atom. The van der Waals surface area contributed by atoms with Gasteiger partial charge in [0.15, 0.2) is 17.0 Å². The van der Waals surface area contributed by atoms with Gasteiger partial charge in [-0.15, -0.1) is 0 Å². The number of nitrogens with one attached hydrogen (secondary N) is 1. The molecule has 118 valence electrons. The van der Waals surface area contributed by atoms with Gasteiger partial charge >= 0.3 is 5.97 Å². The fourth-order valence-corrected chi connectivity index (χ4v) is 2.29. The number of aryl methyl sites for hydroxylation is 1. The number of anilines is 1. The van der Waals surface area contributed by atoms with Gasteiger partial charge in [0.1, 0.15) is 5.56 Å². The third-order valence-corrected chi connectivity index (χ3v) is 3.42. The van der Waals surface area contributed by atoms with Crippen molar-refractivity contribution in [2.75, 3.05) is 24.6 Å². The van der Waals surface area contributed by atoms with Crippen molar-refractivity contribution in [3.63, 3.8) is 0 Å². The number of fused-ring (bicyclic) bond motifs is 1. The highest BCUT2D eigenvalue weighted by Crippen LogP contribution is 2.17. The Morgan fingerprint density at radius 1 is 1.27 bits per heavy atom. The third-order valence-electron chi connectivity index (χ3n) is 3.42. The van der Waals surface area contributed by atoms with Gasteiger partial charge in [0, 0.05) is 19.3 Å². The average molecular weight is 304 g/mol. The fourth-order valence-electron chi connectivity index (χ4n) is 2.29. The molecule has 7 nitrogen and oxygen atoms in total. The topological polar surface area (TPSA) is 88.2 Å². The Kier molecular flexibility index (Phi) is 4.75. The zero-order valence-electron chi connectivity index (χ0n) is 13.3. The first-order chi connectivity index (χ1) is 10.5. The molecule has 2 rings (SSSR count). The quantitative estimate of drug-likeness (QED) is 0.845. The third kappa shape index (κ3) is 2.79. The monoisotopic (exact) mass is 304 g/mol. The summed E-state index contributed by atoms with van der Waals surface area (Å²) in [5.74, 6) is 0.00132. The zero-order valence-corrected chi connectivity index (χ0v) is 13.3. The number of aromatic nitrogens is 3. The molecule has 0 aliphatic rings. The predicted molar refractivity (Wildman–Crippen MR) is 84.4 cm³/mol. The molecule has 0 saturated heterocycles. The number of hydrogen-bond donors (Lipinski definition) is 1. The number of ether oxygens (including phenoxy) is 1. The molecule has 0 aromatic carbocycles. The van der Waals surface area contributed by atoms with E-state index >= 15 is 0 Å². The van der Waals surface area contributed by atoms with Crippen LogP contribution in [0.4, 0.5) is 5.82 Å². The summed E-state index contributed by atoms with van der Waals surface area (Å²) in [5.41, 5.74) is 0.728. The molecule has 1 N–H and O–H groups in total. The van der Waals surface area contributed by atoms with Crippen LogP contribution in [0.3, 0.4) is 0 Å². The van der Waals surface area contributed by atoms with Crippen LogP contribution in [0.25, 0.3) is 11.2 Å². The molecular weight excluding hydrogens is 284 g/mol. The summed E-state index contributed by atoms with van der Waals surface area (Å²) in [5, 5.41) is 0. The maximum atomic E-state index is 12.5. The van der Waals surface area contributed by atoms with Gasteiger partial charge in [0.05, 0.1) is 12.3 Å². The van der Waals surface area contributed by atoms with Crippen LogP contribution < -0.4 is 10.3 Å². The molecule has 0 aliphatic heterocycles. The number of carbonyl (C=O) groups excluding carboxylic acids is 1. The smallest absolute Gasteiger partial charge is 0.343 e. The van der Waals surface area contributed by atoms with E-state index in [1.807, 2.05) is 25.7 Å². The summed E-state index contributed by atoms with van der Waals surface area (Å²) in [6.45, 7) is 9.27. The Labute approximate surface area is 128 Å². The first-order valence-corrected chi connectivity index (χ1v) is 7.35. The lowest BCUT2D eigenvalue weighted by Gasteiger charge is -2.21. The van der Waals surface area contributed by atoms with E-state index in [0.29, 0.717) is 11.5 Å². The van der Waals surface area contributed by atoms with Gasteiger partial charge < -0.3 is 14.6 Å². The number of H-pyrrole nitrogens is 1. The van der Waals surface area contributed by atoms with Crippen molar-refractivity contribution in [1.29, 1.82) is 0 Å². The normalized spacial score (nSPS) is 10.7. The van der Waals surface area contributed by atoms with E-state index in [4.69, 9.17) is 4.74 Å². The average Bonchev–Trinajstić information content (AvgIpc) is 2.50. The SMILES string of the molecule is CCOC(=O)c1c[nH]c2nc(C)c(N(CC)CC)nc2c1=O. The van der Waals surface area contributed by atoms with Crippen LogP contribution in [-0.2, 0) is 4.74 Å². The Balaban J connectivity index is 2.65. The van der Waals surface area contributed by atoms with Crippen molar-refractivity contribution >= 4 is 23.0 Å². The number of pyridine rings is 1. The first kappa shape index (κ1) is 15.9. The number of carbonyl (C=O) groups is 1. The lowest BCUT2D eigenvalue weighted by atomic mass is 10.2. The van der Waals surface area contributed by atoms with Crippen molar-refractivity contribution in [3.8, 4) is 0 Å². The molecule has 0 aliphatic carbocycles. The molecule has 0 amide bonds. The minimum atomic E-state index is -0.655. The highest BCUT2D eigenvalue weighted by atomic mass is 16.5. The van der Waals surface area contributed by atoms with E-state index in [1.165, 1.54) is 6.20 Å². The van der Waals surface area contributed by atoms with Crippen molar-refractivity contribution in [2.24, 2.45) is 0 Å².